The smallest absolute Gasteiger partial charge is 0.329 e. The number of aryl methyl sites for hydroxylation is 1. The van der Waals surface area contributed by atoms with E-state index in [0.29, 0.717) is 12.3 Å². The van der Waals surface area contributed by atoms with Gasteiger partial charge in [-0.25, -0.2) is 9.78 Å². The van der Waals surface area contributed by atoms with Crippen molar-refractivity contribution in [2.45, 2.75) is 19.9 Å². The van der Waals surface area contributed by atoms with Gasteiger partial charge in [-0.3, -0.25) is 4.90 Å². The van der Waals surface area contributed by atoms with Crippen LogP contribution in [0.3, 0.4) is 0 Å². The highest BCUT2D eigenvalue weighted by molar-refractivity contribution is 9.11. The number of esters is 1. The van der Waals surface area contributed by atoms with Crippen LogP contribution < -0.4 is 0 Å². The molecule has 5 nitrogen and oxygen atoms in total. The van der Waals surface area contributed by atoms with Gasteiger partial charge in [-0.15, -0.1) is 11.3 Å². The molecule has 0 N–H and O–H groups in total. The SMILES string of the molecule is CCOC(=O)C(c1nc(Br)sc1C)N(C)CC#N. The van der Waals surface area contributed by atoms with Crippen LogP contribution in [0.5, 0.6) is 0 Å². The van der Waals surface area contributed by atoms with Crippen LogP contribution in [0.25, 0.3) is 0 Å². The highest BCUT2D eigenvalue weighted by Gasteiger charge is 2.30. The summed E-state index contributed by atoms with van der Waals surface area (Å²) in [5.41, 5.74) is 0.642. The molecule has 0 aliphatic heterocycles. The zero-order chi connectivity index (χ0) is 13.7. The summed E-state index contributed by atoms with van der Waals surface area (Å²) in [7, 11) is 1.71. The van der Waals surface area contributed by atoms with Crippen molar-refractivity contribution in [3.05, 3.63) is 14.5 Å². The van der Waals surface area contributed by atoms with Gasteiger partial charge in [0.25, 0.3) is 0 Å². The van der Waals surface area contributed by atoms with Crippen LogP contribution in [-0.4, -0.2) is 36.1 Å². The summed E-state index contributed by atoms with van der Waals surface area (Å²) >= 11 is 4.76. The number of halogens is 1. The summed E-state index contributed by atoms with van der Waals surface area (Å²) in [6, 6.07) is 1.39. The number of aromatic nitrogens is 1. The van der Waals surface area contributed by atoms with Gasteiger partial charge in [0.15, 0.2) is 9.96 Å². The maximum atomic E-state index is 12.0. The molecule has 98 valence electrons. The number of nitriles is 1. The molecular weight excluding hydrogens is 318 g/mol. The van der Waals surface area contributed by atoms with Gasteiger partial charge in [-0.2, -0.15) is 5.26 Å². The molecule has 18 heavy (non-hydrogen) atoms. The van der Waals surface area contributed by atoms with Crippen molar-refractivity contribution in [2.75, 3.05) is 20.2 Å². The van der Waals surface area contributed by atoms with Gasteiger partial charge >= 0.3 is 5.97 Å². The first-order chi connectivity index (χ1) is 8.51. The number of ether oxygens (including phenoxy) is 1. The molecule has 1 atom stereocenters. The number of carbonyl (C=O) groups is 1. The Labute approximate surface area is 119 Å². The molecule has 0 aromatic carbocycles. The Balaban J connectivity index is 3.08. The minimum Gasteiger partial charge on any atom is -0.465 e. The molecular formula is C11H14BrN3O2S. The van der Waals surface area contributed by atoms with Gasteiger partial charge in [0.1, 0.15) is 0 Å². The Morgan fingerprint density at radius 1 is 1.72 bits per heavy atom. The monoisotopic (exact) mass is 331 g/mol. The Morgan fingerprint density at radius 3 is 2.83 bits per heavy atom. The van der Waals surface area contributed by atoms with Gasteiger partial charge in [-0.05, 0) is 36.8 Å². The molecule has 1 heterocycles. The molecule has 0 aliphatic carbocycles. The minimum absolute atomic E-state index is 0.137. The second kappa shape index (κ2) is 6.83. The van der Waals surface area contributed by atoms with E-state index < -0.39 is 6.04 Å². The summed E-state index contributed by atoms with van der Waals surface area (Å²) in [4.78, 5) is 18.9. The van der Waals surface area contributed by atoms with Gasteiger partial charge in [0.2, 0.25) is 0 Å². The first kappa shape index (κ1) is 15.1. The van der Waals surface area contributed by atoms with E-state index in [9.17, 15) is 4.79 Å². The van der Waals surface area contributed by atoms with Crippen molar-refractivity contribution < 1.29 is 9.53 Å². The summed E-state index contributed by atoms with van der Waals surface area (Å²) in [5, 5.41) is 8.75. The average molecular weight is 332 g/mol. The second-order valence-electron chi connectivity index (χ2n) is 3.64. The lowest BCUT2D eigenvalue weighted by Crippen LogP contribution is -2.33. The molecule has 0 spiro atoms. The van der Waals surface area contributed by atoms with Crippen molar-refractivity contribution in [3.8, 4) is 6.07 Å². The van der Waals surface area contributed by atoms with E-state index in [1.54, 1.807) is 18.9 Å². The van der Waals surface area contributed by atoms with Crippen molar-refractivity contribution in [1.29, 1.82) is 5.26 Å². The number of hydrogen-bond acceptors (Lipinski definition) is 6. The standard InChI is InChI=1S/C11H14BrN3O2S/c1-4-17-10(16)9(15(3)6-5-13)8-7(2)18-11(12)14-8/h9H,4,6H2,1-3H3. The lowest BCUT2D eigenvalue weighted by Gasteiger charge is -2.23. The molecule has 1 unspecified atom stereocenters. The maximum Gasteiger partial charge on any atom is 0.329 e. The van der Waals surface area contributed by atoms with E-state index >= 15 is 0 Å². The fraction of sp³-hybridized carbons (Fsp3) is 0.545. The van der Waals surface area contributed by atoms with E-state index in [0.717, 1.165) is 8.79 Å². The summed E-state index contributed by atoms with van der Waals surface area (Å²) in [6.07, 6.45) is 0. The Morgan fingerprint density at radius 2 is 2.39 bits per heavy atom. The fourth-order valence-electron chi connectivity index (χ4n) is 1.55. The number of hydrogen-bond donors (Lipinski definition) is 0. The number of nitrogens with zero attached hydrogens (tertiary/aromatic N) is 3. The van der Waals surface area contributed by atoms with E-state index in [1.807, 2.05) is 13.0 Å². The van der Waals surface area contributed by atoms with Crippen LogP contribution in [0.4, 0.5) is 0 Å². The average Bonchev–Trinajstić information content (AvgIpc) is 2.59. The molecule has 7 heteroatoms. The van der Waals surface area contributed by atoms with E-state index in [-0.39, 0.29) is 12.5 Å². The maximum absolute atomic E-state index is 12.0. The van der Waals surface area contributed by atoms with Crippen LogP contribution in [0.15, 0.2) is 3.92 Å². The van der Waals surface area contributed by atoms with Crippen LogP contribution in [0.2, 0.25) is 0 Å². The van der Waals surface area contributed by atoms with Gasteiger partial charge in [0, 0.05) is 4.88 Å². The van der Waals surface area contributed by atoms with Crippen molar-refractivity contribution in [3.63, 3.8) is 0 Å². The van der Waals surface area contributed by atoms with Crippen LogP contribution in [-0.2, 0) is 9.53 Å². The van der Waals surface area contributed by atoms with Gasteiger partial charge < -0.3 is 4.74 Å². The normalized spacial score (nSPS) is 12.2. The highest BCUT2D eigenvalue weighted by atomic mass is 79.9. The predicted octanol–water partition coefficient (Wildman–Crippen LogP) is 2.27. The molecule has 1 aromatic rings. The zero-order valence-electron chi connectivity index (χ0n) is 10.4. The summed E-state index contributed by atoms with van der Waals surface area (Å²) in [5.74, 6) is -0.379. The third-order valence-electron chi connectivity index (χ3n) is 2.34. The Hall–Kier alpha value is -0.970. The molecule has 0 bridgehead atoms. The quantitative estimate of drug-likeness (QED) is 0.611. The first-order valence-electron chi connectivity index (χ1n) is 5.37. The first-order valence-corrected chi connectivity index (χ1v) is 6.98. The Kier molecular flexibility index (Phi) is 5.72. The van der Waals surface area contributed by atoms with Gasteiger partial charge in [0.05, 0.1) is 24.9 Å². The lowest BCUT2D eigenvalue weighted by molar-refractivity contribution is -0.149. The number of carbonyl (C=O) groups excluding carboxylic acids is 1. The topological polar surface area (TPSA) is 66.2 Å². The van der Waals surface area contributed by atoms with Crippen molar-refractivity contribution >= 4 is 33.2 Å². The molecule has 1 aromatic heterocycles. The minimum atomic E-state index is -0.632. The molecule has 0 fully saturated rings. The molecule has 0 saturated heterocycles. The van der Waals surface area contributed by atoms with E-state index in [2.05, 4.69) is 20.9 Å². The van der Waals surface area contributed by atoms with Crippen LogP contribution in [0, 0.1) is 18.3 Å². The number of thiazole rings is 1. The third-order valence-corrected chi connectivity index (χ3v) is 3.77. The van der Waals surface area contributed by atoms with Crippen molar-refractivity contribution in [1.82, 2.24) is 9.88 Å². The largest absolute Gasteiger partial charge is 0.465 e. The molecule has 0 amide bonds. The zero-order valence-corrected chi connectivity index (χ0v) is 12.8. The third kappa shape index (κ3) is 3.51. The summed E-state index contributed by atoms with van der Waals surface area (Å²) in [6.45, 7) is 4.09. The number of rotatable bonds is 5. The number of likely N-dealkylation sites (N-methyl/N-ethyl adjacent to an activating group) is 1. The highest BCUT2D eigenvalue weighted by Crippen LogP contribution is 2.30. The van der Waals surface area contributed by atoms with E-state index in [1.165, 1.54) is 11.3 Å². The summed E-state index contributed by atoms with van der Waals surface area (Å²) < 4.78 is 5.77. The molecule has 1 rings (SSSR count). The predicted molar refractivity (Wildman–Crippen MR) is 72.2 cm³/mol. The molecule has 0 radical (unpaired) electrons. The lowest BCUT2D eigenvalue weighted by atomic mass is 10.1. The molecule has 0 saturated carbocycles. The van der Waals surface area contributed by atoms with E-state index in [4.69, 9.17) is 10.00 Å². The van der Waals surface area contributed by atoms with Crippen LogP contribution >= 0.6 is 27.3 Å². The fourth-order valence-corrected chi connectivity index (χ4v) is 3.13. The van der Waals surface area contributed by atoms with Crippen LogP contribution in [0.1, 0.15) is 23.5 Å². The second-order valence-corrected chi connectivity index (χ2v) is 6.12. The van der Waals surface area contributed by atoms with Gasteiger partial charge in [-0.1, -0.05) is 0 Å². The van der Waals surface area contributed by atoms with Crippen molar-refractivity contribution in [2.24, 2.45) is 0 Å². The molecule has 0 aliphatic rings. The Bertz CT molecular complexity index is 469.